The van der Waals surface area contributed by atoms with Crippen molar-refractivity contribution in [1.29, 1.82) is 0 Å². The summed E-state index contributed by atoms with van der Waals surface area (Å²) in [5.74, 6) is 0.772. The fourth-order valence-electron chi connectivity index (χ4n) is 4.62. The topological polar surface area (TPSA) is 85.9 Å². The molecule has 2 aliphatic rings. The number of nitrogens with one attached hydrogen (secondary N) is 2. The molecule has 0 bridgehead atoms. The summed E-state index contributed by atoms with van der Waals surface area (Å²) < 4.78 is 17.1. The number of ether oxygens (including phenoxy) is 3. The smallest absolute Gasteiger partial charge is 0.254 e. The molecule has 1 heterocycles. The fraction of sp³-hybridized carbons (Fsp3) is 0.308. The molecule has 0 saturated heterocycles. The summed E-state index contributed by atoms with van der Waals surface area (Å²) in [6, 6.07) is 10.9. The number of carbonyl (C=O) groups excluding carboxylic acids is 2. The van der Waals surface area contributed by atoms with Crippen LogP contribution in [0.1, 0.15) is 37.7 Å². The third-order valence-corrected chi connectivity index (χ3v) is 6.88. The Morgan fingerprint density at radius 2 is 1.71 bits per heavy atom. The third-order valence-electron chi connectivity index (χ3n) is 6.19. The molecule has 7 nitrogen and oxygen atoms in total. The van der Waals surface area contributed by atoms with E-state index in [9.17, 15) is 9.59 Å². The molecule has 178 valence electrons. The number of Topliss-reactive ketones (excluding diaryl/α,β-unsaturated/α-hetero) is 1. The predicted octanol–water partition coefficient (Wildman–Crippen LogP) is 5.08. The first-order valence-electron chi connectivity index (χ1n) is 11.0. The van der Waals surface area contributed by atoms with Crippen LogP contribution in [0.25, 0.3) is 0 Å². The summed E-state index contributed by atoms with van der Waals surface area (Å²) in [7, 11) is 4.68. The number of benzene rings is 2. The van der Waals surface area contributed by atoms with Gasteiger partial charge in [-0.05, 0) is 49.6 Å². The van der Waals surface area contributed by atoms with Gasteiger partial charge >= 0.3 is 0 Å². The largest absolute Gasteiger partial charge is 0.495 e. The number of halogens is 1. The molecule has 4 rings (SSSR count). The number of amides is 1. The van der Waals surface area contributed by atoms with Gasteiger partial charge in [-0.2, -0.15) is 0 Å². The zero-order chi connectivity index (χ0) is 24.4. The Bertz CT molecular complexity index is 1220. The van der Waals surface area contributed by atoms with E-state index in [2.05, 4.69) is 26.6 Å². The molecule has 0 saturated carbocycles. The van der Waals surface area contributed by atoms with Gasteiger partial charge in [-0.15, -0.1) is 0 Å². The Morgan fingerprint density at radius 3 is 2.41 bits per heavy atom. The lowest BCUT2D eigenvalue weighted by Crippen LogP contribution is -2.35. The highest BCUT2D eigenvalue weighted by Crippen LogP contribution is 2.47. The van der Waals surface area contributed by atoms with Crippen LogP contribution in [0.3, 0.4) is 0 Å². The molecule has 8 heteroatoms. The normalized spacial score (nSPS) is 17.7. The fourth-order valence-corrected chi connectivity index (χ4v) is 5.18. The second-order valence-corrected chi connectivity index (χ2v) is 9.00. The number of para-hydroxylation sites is 2. The molecule has 0 aromatic heterocycles. The summed E-state index contributed by atoms with van der Waals surface area (Å²) >= 11 is 3.65. The van der Waals surface area contributed by atoms with E-state index in [-0.39, 0.29) is 11.7 Å². The van der Waals surface area contributed by atoms with Crippen LogP contribution < -0.4 is 24.8 Å². The third kappa shape index (κ3) is 4.30. The van der Waals surface area contributed by atoms with Gasteiger partial charge in [0, 0.05) is 39.4 Å². The minimum Gasteiger partial charge on any atom is -0.495 e. The van der Waals surface area contributed by atoms with E-state index in [4.69, 9.17) is 14.2 Å². The first-order valence-corrected chi connectivity index (χ1v) is 11.8. The molecule has 1 aliphatic carbocycles. The minimum absolute atomic E-state index is 0.0375. The van der Waals surface area contributed by atoms with Crippen molar-refractivity contribution < 1.29 is 23.8 Å². The van der Waals surface area contributed by atoms with Crippen molar-refractivity contribution in [3.05, 3.63) is 69.0 Å². The highest BCUT2D eigenvalue weighted by atomic mass is 79.9. The monoisotopic (exact) mass is 526 g/mol. The number of allylic oxidation sites excluding steroid dienone is 3. The van der Waals surface area contributed by atoms with Gasteiger partial charge in [-0.3, -0.25) is 9.59 Å². The molecule has 2 N–H and O–H groups in total. The van der Waals surface area contributed by atoms with Gasteiger partial charge in [0.15, 0.2) is 17.3 Å². The Hall–Kier alpha value is -3.26. The van der Waals surface area contributed by atoms with Gasteiger partial charge in [0.05, 0.1) is 27.0 Å². The van der Waals surface area contributed by atoms with E-state index in [1.807, 2.05) is 25.1 Å². The number of carbonyl (C=O) groups is 2. The minimum atomic E-state index is -0.576. The van der Waals surface area contributed by atoms with Crippen LogP contribution in [0.15, 0.2) is 63.4 Å². The van der Waals surface area contributed by atoms with Crippen molar-refractivity contribution in [3.8, 4) is 17.2 Å². The molecule has 0 spiro atoms. The SMILES string of the molecule is COc1ccccc1NC(=O)C1=C(C)NC2=C(C(=O)CCC2)C1c1cc(OC)c(OC)cc1Br. The van der Waals surface area contributed by atoms with E-state index in [1.165, 1.54) is 0 Å². The number of hydrogen-bond acceptors (Lipinski definition) is 6. The van der Waals surface area contributed by atoms with Gasteiger partial charge in [-0.25, -0.2) is 0 Å². The average Bonchev–Trinajstić information content (AvgIpc) is 2.83. The van der Waals surface area contributed by atoms with Gasteiger partial charge < -0.3 is 24.8 Å². The van der Waals surface area contributed by atoms with Crippen LogP contribution in [0, 0.1) is 0 Å². The summed E-state index contributed by atoms with van der Waals surface area (Å²) in [6.07, 6.45) is 1.98. The standard InChI is InChI=1S/C26H27BrN2O5/c1-14-23(26(31)29-17-8-5-6-11-20(17)32-2)24(25-18(28-14)9-7-10-19(25)30)15-12-21(33-3)22(34-4)13-16(15)27/h5-6,8,11-13,24,28H,7,9-10H2,1-4H3,(H,29,31). The molecule has 1 unspecified atom stereocenters. The Kier molecular flexibility index (Phi) is 6.97. The summed E-state index contributed by atoms with van der Waals surface area (Å²) in [6.45, 7) is 1.86. The van der Waals surface area contributed by atoms with Crippen molar-refractivity contribution in [2.24, 2.45) is 0 Å². The molecule has 1 atom stereocenters. The lowest BCUT2D eigenvalue weighted by molar-refractivity contribution is -0.116. The predicted molar refractivity (Wildman–Crippen MR) is 133 cm³/mol. The molecular formula is C26H27BrN2O5. The molecule has 2 aromatic carbocycles. The maximum absolute atomic E-state index is 13.7. The van der Waals surface area contributed by atoms with Gasteiger partial charge in [0.1, 0.15) is 5.75 Å². The quantitative estimate of drug-likeness (QED) is 0.545. The lowest BCUT2D eigenvalue weighted by Gasteiger charge is -2.35. The number of methoxy groups -OCH3 is 3. The van der Waals surface area contributed by atoms with Crippen molar-refractivity contribution in [2.45, 2.75) is 32.1 Å². The first-order chi connectivity index (χ1) is 16.4. The van der Waals surface area contributed by atoms with E-state index in [0.29, 0.717) is 46.2 Å². The highest BCUT2D eigenvalue weighted by molar-refractivity contribution is 9.10. The second kappa shape index (κ2) is 9.93. The summed E-state index contributed by atoms with van der Waals surface area (Å²) in [5, 5.41) is 6.31. The number of dihydropyridines is 1. The maximum Gasteiger partial charge on any atom is 0.254 e. The zero-order valence-electron chi connectivity index (χ0n) is 19.6. The van der Waals surface area contributed by atoms with Crippen LogP contribution in [0.4, 0.5) is 5.69 Å². The summed E-state index contributed by atoms with van der Waals surface area (Å²) in [5.41, 5.74) is 3.96. The van der Waals surface area contributed by atoms with Crippen LogP contribution >= 0.6 is 15.9 Å². The number of anilines is 1. The summed E-state index contributed by atoms with van der Waals surface area (Å²) in [4.78, 5) is 26.9. The van der Waals surface area contributed by atoms with Crippen molar-refractivity contribution in [1.82, 2.24) is 5.32 Å². The molecule has 1 aliphatic heterocycles. The molecule has 2 aromatic rings. The lowest BCUT2D eigenvalue weighted by atomic mass is 9.75. The van der Waals surface area contributed by atoms with Crippen molar-refractivity contribution in [3.63, 3.8) is 0 Å². The van der Waals surface area contributed by atoms with Crippen molar-refractivity contribution in [2.75, 3.05) is 26.6 Å². The number of hydrogen-bond donors (Lipinski definition) is 2. The Balaban J connectivity index is 1.87. The van der Waals surface area contributed by atoms with E-state index < -0.39 is 5.92 Å². The Morgan fingerprint density at radius 1 is 1.03 bits per heavy atom. The number of rotatable bonds is 6. The highest BCUT2D eigenvalue weighted by Gasteiger charge is 2.39. The van der Waals surface area contributed by atoms with Crippen molar-refractivity contribution >= 4 is 33.3 Å². The van der Waals surface area contributed by atoms with Gasteiger partial charge in [0.2, 0.25) is 0 Å². The van der Waals surface area contributed by atoms with Crippen LogP contribution in [0.2, 0.25) is 0 Å². The van der Waals surface area contributed by atoms with Gasteiger partial charge in [-0.1, -0.05) is 28.1 Å². The van der Waals surface area contributed by atoms with E-state index in [0.717, 1.165) is 28.6 Å². The van der Waals surface area contributed by atoms with Crippen LogP contribution in [0.5, 0.6) is 17.2 Å². The van der Waals surface area contributed by atoms with Gasteiger partial charge in [0.25, 0.3) is 5.91 Å². The molecule has 34 heavy (non-hydrogen) atoms. The molecule has 1 amide bonds. The zero-order valence-corrected chi connectivity index (χ0v) is 21.2. The molecule has 0 fully saturated rings. The number of ketones is 1. The molecule has 0 radical (unpaired) electrons. The van der Waals surface area contributed by atoms with E-state index >= 15 is 0 Å². The Labute approximate surface area is 207 Å². The molecular weight excluding hydrogens is 500 g/mol. The maximum atomic E-state index is 13.7. The van der Waals surface area contributed by atoms with E-state index in [1.54, 1.807) is 39.5 Å². The first kappa shape index (κ1) is 23.9. The second-order valence-electron chi connectivity index (χ2n) is 8.15. The van der Waals surface area contributed by atoms with Crippen LogP contribution in [-0.4, -0.2) is 33.0 Å². The van der Waals surface area contributed by atoms with Crippen LogP contribution in [-0.2, 0) is 9.59 Å². The average molecular weight is 527 g/mol.